The molecule has 0 bridgehead atoms. The molecule has 0 atom stereocenters. The van der Waals surface area contributed by atoms with Crippen LogP contribution in [0.25, 0.3) is 5.70 Å². The van der Waals surface area contributed by atoms with Crippen molar-refractivity contribution < 1.29 is 13.6 Å². The van der Waals surface area contributed by atoms with Crippen molar-refractivity contribution in [2.24, 2.45) is 5.41 Å². The van der Waals surface area contributed by atoms with Crippen LogP contribution >= 0.6 is 0 Å². The fourth-order valence-corrected chi connectivity index (χ4v) is 4.37. The number of ketones is 1. The van der Waals surface area contributed by atoms with Crippen LogP contribution in [0.2, 0.25) is 0 Å². The van der Waals surface area contributed by atoms with Crippen LogP contribution in [-0.4, -0.2) is 34.7 Å². The van der Waals surface area contributed by atoms with Gasteiger partial charge >= 0.3 is 0 Å². The highest BCUT2D eigenvalue weighted by molar-refractivity contribution is 6.09. The SMILES string of the molecule is C#CC1=C(N2CCC3(CC2)CC(F)(F)C3)c2ncccc2CC1=O. The Morgan fingerprint density at radius 3 is 2.58 bits per heavy atom. The van der Waals surface area contributed by atoms with Gasteiger partial charge in [0.15, 0.2) is 5.78 Å². The number of likely N-dealkylation sites (tertiary alicyclic amines) is 1. The van der Waals surface area contributed by atoms with Crippen LogP contribution in [0.15, 0.2) is 23.9 Å². The highest BCUT2D eigenvalue weighted by Crippen LogP contribution is 2.57. The molecule has 124 valence electrons. The lowest BCUT2D eigenvalue weighted by Gasteiger charge is -2.52. The first-order valence-electron chi connectivity index (χ1n) is 8.24. The van der Waals surface area contributed by atoms with Gasteiger partial charge in [-0.3, -0.25) is 9.78 Å². The normalized spacial score (nSPS) is 24.4. The molecule has 0 aromatic carbocycles. The number of carbonyl (C=O) groups is 1. The second-order valence-corrected chi connectivity index (χ2v) is 7.18. The average Bonchev–Trinajstić information content (AvgIpc) is 2.52. The number of carbonyl (C=O) groups excluding carboxylic acids is 1. The molecule has 0 radical (unpaired) electrons. The number of fused-ring (bicyclic) bond motifs is 1. The summed E-state index contributed by atoms with van der Waals surface area (Å²) in [6, 6.07) is 3.71. The van der Waals surface area contributed by atoms with Crippen LogP contribution in [0.5, 0.6) is 0 Å². The quantitative estimate of drug-likeness (QED) is 0.743. The Kier molecular flexibility index (Phi) is 3.28. The molecule has 1 aromatic heterocycles. The third-order valence-corrected chi connectivity index (χ3v) is 5.53. The van der Waals surface area contributed by atoms with Gasteiger partial charge in [0.05, 0.1) is 17.0 Å². The van der Waals surface area contributed by atoms with Crippen molar-refractivity contribution in [1.29, 1.82) is 0 Å². The molecule has 1 spiro atoms. The Bertz CT molecular complexity index is 773. The molecule has 3 aliphatic rings. The summed E-state index contributed by atoms with van der Waals surface area (Å²) in [5, 5.41) is 0. The van der Waals surface area contributed by atoms with Crippen LogP contribution in [0, 0.1) is 17.8 Å². The van der Waals surface area contributed by atoms with Gasteiger partial charge in [-0.25, -0.2) is 8.78 Å². The van der Waals surface area contributed by atoms with E-state index < -0.39 is 5.92 Å². The summed E-state index contributed by atoms with van der Waals surface area (Å²) in [5.41, 5.74) is 2.50. The van der Waals surface area contributed by atoms with Crippen LogP contribution in [0.1, 0.15) is 36.9 Å². The van der Waals surface area contributed by atoms with Gasteiger partial charge in [0, 0.05) is 38.5 Å². The van der Waals surface area contributed by atoms with E-state index >= 15 is 0 Å². The molecule has 2 aliphatic carbocycles. The van der Waals surface area contributed by atoms with Gasteiger partial charge in [0.2, 0.25) is 5.92 Å². The van der Waals surface area contributed by atoms with Crippen molar-refractivity contribution in [2.45, 2.75) is 38.0 Å². The number of hydrogen-bond acceptors (Lipinski definition) is 3. The predicted molar refractivity (Wildman–Crippen MR) is 86.1 cm³/mol. The van der Waals surface area contributed by atoms with Gasteiger partial charge in [-0.2, -0.15) is 0 Å². The summed E-state index contributed by atoms with van der Waals surface area (Å²) in [5.74, 6) is -0.0337. The molecule has 1 aliphatic heterocycles. The predicted octanol–water partition coefficient (Wildman–Crippen LogP) is 3.06. The Labute approximate surface area is 139 Å². The second kappa shape index (κ2) is 5.14. The van der Waals surface area contributed by atoms with E-state index in [-0.39, 0.29) is 30.5 Å². The summed E-state index contributed by atoms with van der Waals surface area (Å²) in [6.45, 7) is 1.28. The van der Waals surface area contributed by atoms with Crippen LogP contribution in [0.4, 0.5) is 8.78 Å². The maximum atomic E-state index is 13.3. The van der Waals surface area contributed by atoms with Crippen molar-refractivity contribution in [1.82, 2.24) is 9.88 Å². The number of rotatable bonds is 1. The summed E-state index contributed by atoms with van der Waals surface area (Å²) in [6.07, 6.45) is 8.96. The first-order valence-corrected chi connectivity index (χ1v) is 8.24. The molecule has 3 nitrogen and oxygen atoms in total. The molecule has 0 unspecified atom stereocenters. The lowest BCUT2D eigenvalue weighted by molar-refractivity contribution is -0.175. The Balaban J connectivity index is 1.63. The molecular weight excluding hydrogens is 310 g/mol. The molecule has 0 N–H and O–H groups in total. The number of piperidine rings is 1. The first-order chi connectivity index (χ1) is 11.4. The summed E-state index contributed by atoms with van der Waals surface area (Å²) in [4.78, 5) is 18.9. The lowest BCUT2D eigenvalue weighted by atomic mass is 9.61. The monoisotopic (exact) mass is 328 g/mol. The van der Waals surface area contributed by atoms with Crippen molar-refractivity contribution >= 4 is 11.5 Å². The number of terminal acetylenes is 1. The molecule has 4 rings (SSSR count). The number of nitrogens with zero attached hydrogens (tertiary/aromatic N) is 2. The molecule has 1 saturated carbocycles. The van der Waals surface area contributed by atoms with Gasteiger partial charge in [0.1, 0.15) is 0 Å². The van der Waals surface area contributed by atoms with E-state index in [0.29, 0.717) is 37.2 Å². The number of pyridine rings is 1. The van der Waals surface area contributed by atoms with E-state index in [9.17, 15) is 13.6 Å². The summed E-state index contributed by atoms with van der Waals surface area (Å²) in [7, 11) is 0. The molecule has 0 amide bonds. The minimum Gasteiger partial charge on any atom is -0.369 e. The number of aromatic nitrogens is 1. The molecule has 1 saturated heterocycles. The third kappa shape index (κ3) is 2.32. The zero-order chi connectivity index (χ0) is 16.9. The highest BCUT2D eigenvalue weighted by atomic mass is 19.3. The number of hydrogen-bond donors (Lipinski definition) is 0. The fourth-order valence-electron chi connectivity index (χ4n) is 4.37. The Morgan fingerprint density at radius 2 is 1.96 bits per heavy atom. The molecule has 5 heteroatoms. The van der Waals surface area contributed by atoms with Crippen molar-refractivity contribution in [2.75, 3.05) is 13.1 Å². The molecule has 24 heavy (non-hydrogen) atoms. The Hall–Kier alpha value is -2.22. The van der Waals surface area contributed by atoms with Gasteiger partial charge < -0.3 is 4.90 Å². The fraction of sp³-hybridized carbons (Fsp3) is 0.474. The van der Waals surface area contributed by atoms with Gasteiger partial charge in [0.25, 0.3) is 0 Å². The molecule has 1 aromatic rings. The standard InChI is InChI=1S/C19H18F2N2O/c1-2-14-15(24)10-13-4-3-7-22-16(13)17(14)23-8-5-18(6-9-23)11-19(20,21)12-18/h1,3-4,7H,5-6,8-12H2. The maximum absolute atomic E-state index is 13.3. The summed E-state index contributed by atoms with van der Waals surface area (Å²) >= 11 is 0. The van der Waals surface area contributed by atoms with Crippen LogP contribution in [-0.2, 0) is 11.2 Å². The van der Waals surface area contributed by atoms with Gasteiger partial charge in [-0.05, 0) is 29.9 Å². The number of Topliss-reactive ketones (excluding diaryl/α,β-unsaturated/α-hetero) is 1. The lowest BCUT2D eigenvalue weighted by Crippen LogP contribution is -2.52. The van der Waals surface area contributed by atoms with Crippen molar-refractivity contribution in [3.63, 3.8) is 0 Å². The largest absolute Gasteiger partial charge is 0.369 e. The first kappa shape index (κ1) is 15.3. The minimum absolute atomic E-state index is 0.0113. The number of halogens is 2. The van der Waals surface area contributed by atoms with E-state index in [1.54, 1.807) is 6.20 Å². The average molecular weight is 328 g/mol. The van der Waals surface area contributed by atoms with E-state index in [1.807, 2.05) is 12.1 Å². The maximum Gasteiger partial charge on any atom is 0.249 e. The third-order valence-electron chi connectivity index (χ3n) is 5.53. The number of allylic oxidation sites excluding steroid dienone is 1. The Morgan fingerprint density at radius 1 is 1.25 bits per heavy atom. The zero-order valence-corrected chi connectivity index (χ0v) is 13.3. The van der Waals surface area contributed by atoms with Gasteiger partial charge in [-0.15, -0.1) is 6.42 Å². The topological polar surface area (TPSA) is 33.2 Å². The molecular formula is C19H18F2N2O. The van der Waals surface area contributed by atoms with Crippen molar-refractivity contribution in [3.8, 4) is 12.3 Å². The van der Waals surface area contributed by atoms with Crippen LogP contribution < -0.4 is 0 Å². The zero-order valence-electron chi connectivity index (χ0n) is 13.3. The smallest absolute Gasteiger partial charge is 0.249 e. The summed E-state index contributed by atoms with van der Waals surface area (Å²) < 4.78 is 26.6. The van der Waals surface area contributed by atoms with E-state index in [2.05, 4.69) is 15.8 Å². The van der Waals surface area contributed by atoms with Crippen LogP contribution in [0.3, 0.4) is 0 Å². The highest BCUT2D eigenvalue weighted by Gasteiger charge is 2.57. The van der Waals surface area contributed by atoms with E-state index in [4.69, 9.17) is 6.42 Å². The van der Waals surface area contributed by atoms with Crippen molar-refractivity contribution in [3.05, 3.63) is 35.2 Å². The van der Waals surface area contributed by atoms with Gasteiger partial charge in [-0.1, -0.05) is 12.0 Å². The molecule has 2 heterocycles. The van der Waals surface area contributed by atoms with E-state index in [0.717, 1.165) is 11.3 Å². The van der Waals surface area contributed by atoms with E-state index in [1.165, 1.54) is 0 Å². The molecule has 2 fully saturated rings. The minimum atomic E-state index is -2.50. The second-order valence-electron chi connectivity index (χ2n) is 7.18. The number of alkyl halides is 2.